The summed E-state index contributed by atoms with van der Waals surface area (Å²) in [6.45, 7) is 10.1. The van der Waals surface area contributed by atoms with Crippen LogP contribution in [0.3, 0.4) is 0 Å². The van der Waals surface area contributed by atoms with Gasteiger partial charge in [0.15, 0.2) is 0 Å². The van der Waals surface area contributed by atoms with Crippen LogP contribution >= 0.6 is 11.3 Å². The van der Waals surface area contributed by atoms with E-state index in [4.69, 9.17) is 0 Å². The highest BCUT2D eigenvalue weighted by Gasteiger charge is 2.24. The molecule has 4 heterocycles. The van der Waals surface area contributed by atoms with E-state index in [1.807, 2.05) is 0 Å². The second-order valence-electron chi connectivity index (χ2n) is 7.83. The molecular formula is C20H29N3S. The van der Waals surface area contributed by atoms with Crippen LogP contribution in [0.2, 0.25) is 0 Å². The number of aromatic amines is 1. The summed E-state index contributed by atoms with van der Waals surface area (Å²) in [5.74, 6) is 1.22. The minimum absolute atomic E-state index is 0.582. The molecule has 2 aliphatic rings. The zero-order valence-electron chi connectivity index (χ0n) is 15.0. The van der Waals surface area contributed by atoms with Crippen molar-refractivity contribution in [1.82, 2.24) is 15.6 Å². The second-order valence-corrected chi connectivity index (χ2v) is 8.99. The van der Waals surface area contributed by atoms with Gasteiger partial charge < -0.3 is 15.6 Å². The third kappa shape index (κ3) is 3.19. The molecule has 0 bridgehead atoms. The maximum atomic E-state index is 3.76. The number of rotatable bonds is 4. The summed E-state index contributed by atoms with van der Waals surface area (Å²) in [6, 6.07) is 5.40. The molecule has 0 saturated heterocycles. The van der Waals surface area contributed by atoms with Gasteiger partial charge in [-0.15, -0.1) is 11.3 Å². The van der Waals surface area contributed by atoms with Crippen LogP contribution < -0.4 is 10.6 Å². The van der Waals surface area contributed by atoms with Gasteiger partial charge in [-0.25, -0.2) is 0 Å². The molecule has 0 aromatic carbocycles. The number of hydrogen-bond donors (Lipinski definition) is 3. The van der Waals surface area contributed by atoms with Crippen LogP contribution in [0.25, 0.3) is 0 Å². The van der Waals surface area contributed by atoms with E-state index in [9.17, 15) is 0 Å². The van der Waals surface area contributed by atoms with Crippen LogP contribution in [-0.4, -0.2) is 17.6 Å². The van der Waals surface area contributed by atoms with Crippen molar-refractivity contribution in [1.29, 1.82) is 0 Å². The quantitative estimate of drug-likeness (QED) is 0.784. The van der Waals surface area contributed by atoms with E-state index in [1.165, 1.54) is 35.4 Å². The first-order chi connectivity index (χ1) is 11.6. The molecule has 4 rings (SSSR count). The van der Waals surface area contributed by atoms with Gasteiger partial charge in [0.1, 0.15) is 0 Å². The fraction of sp³-hybridized carbons (Fsp3) is 0.600. The van der Waals surface area contributed by atoms with Crippen molar-refractivity contribution in [2.24, 2.45) is 0 Å². The molecule has 130 valence electrons. The molecule has 4 heteroatoms. The van der Waals surface area contributed by atoms with E-state index in [2.05, 4.69) is 59.9 Å². The van der Waals surface area contributed by atoms with Gasteiger partial charge in [-0.2, -0.15) is 0 Å². The van der Waals surface area contributed by atoms with Crippen LogP contribution in [0.5, 0.6) is 0 Å². The lowest BCUT2D eigenvalue weighted by atomic mass is 9.93. The molecule has 0 aliphatic carbocycles. The van der Waals surface area contributed by atoms with Crippen molar-refractivity contribution in [3.05, 3.63) is 44.4 Å². The standard InChI is InChI=1S/C20H29N3S/c1-12(2)17-7-14-11-22-16(9-18(14)23-17)6-13(3)20-8-15-10-21-5-4-19(15)24-20/h7-8,12-13,16,21-23H,4-6,9-11H2,1-3H3. The number of nitrogens with one attached hydrogen (secondary N) is 3. The zero-order valence-corrected chi connectivity index (χ0v) is 15.9. The van der Waals surface area contributed by atoms with Crippen LogP contribution in [0.4, 0.5) is 0 Å². The van der Waals surface area contributed by atoms with E-state index in [0.29, 0.717) is 17.9 Å². The summed E-state index contributed by atoms with van der Waals surface area (Å²) in [6.07, 6.45) is 3.57. The third-order valence-corrected chi connectivity index (χ3v) is 7.02. The van der Waals surface area contributed by atoms with Gasteiger partial charge in [0.25, 0.3) is 0 Å². The van der Waals surface area contributed by atoms with E-state index in [1.54, 1.807) is 9.75 Å². The summed E-state index contributed by atoms with van der Waals surface area (Å²) in [5.41, 5.74) is 5.86. The second kappa shape index (κ2) is 6.66. The van der Waals surface area contributed by atoms with Gasteiger partial charge >= 0.3 is 0 Å². The van der Waals surface area contributed by atoms with Crippen molar-refractivity contribution >= 4 is 11.3 Å². The van der Waals surface area contributed by atoms with Crippen molar-refractivity contribution < 1.29 is 0 Å². The van der Waals surface area contributed by atoms with Gasteiger partial charge in [-0.05, 0) is 47.9 Å². The van der Waals surface area contributed by atoms with Crippen LogP contribution in [0, 0.1) is 0 Å². The molecule has 3 N–H and O–H groups in total. The molecule has 0 saturated carbocycles. The topological polar surface area (TPSA) is 39.9 Å². The summed E-state index contributed by atoms with van der Waals surface area (Å²) < 4.78 is 0. The first kappa shape index (κ1) is 16.4. The number of fused-ring (bicyclic) bond motifs is 2. The molecule has 0 spiro atoms. The lowest BCUT2D eigenvalue weighted by molar-refractivity contribution is 0.425. The van der Waals surface area contributed by atoms with Crippen LogP contribution in [0.1, 0.15) is 71.3 Å². The molecule has 2 unspecified atom stereocenters. The number of aromatic nitrogens is 1. The summed E-state index contributed by atoms with van der Waals surface area (Å²) in [5, 5.41) is 7.25. The van der Waals surface area contributed by atoms with Gasteiger partial charge in [-0.1, -0.05) is 20.8 Å². The molecule has 24 heavy (non-hydrogen) atoms. The lowest BCUT2D eigenvalue weighted by Crippen LogP contribution is -2.36. The first-order valence-electron chi connectivity index (χ1n) is 9.36. The minimum atomic E-state index is 0.582. The Morgan fingerprint density at radius 2 is 2.04 bits per heavy atom. The highest BCUT2D eigenvalue weighted by atomic mass is 32.1. The van der Waals surface area contributed by atoms with Crippen LogP contribution in [0.15, 0.2) is 12.1 Å². The Hall–Kier alpha value is -1.10. The molecule has 2 aliphatic heterocycles. The zero-order chi connectivity index (χ0) is 16.7. The average Bonchev–Trinajstić information content (AvgIpc) is 3.18. The number of H-pyrrole nitrogens is 1. The molecule has 3 nitrogen and oxygen atoms in total. The molecular weight excluding hydrogens is 314 g/mol. The first-order valence-corrected chi connectivity index (χ1v) is 10.2. The smallest absolute Gasteiger partial charge is 0.0226 e. The Morgan fingerprint density at radius 3 is 2.83 bits per heavy atom. The van der Waals surface area contributed by atoms with E-state index in [0.717, 1.165) is 26.1 Å². The predicted octanol–water partition coefficient (Wildman–Crippen LogP) is 4.05. The fourth-order valence-electron chi connectivity index (χ4n) is 4.02. The Morgan fingerprint density at radius 1 is 1.17 bits per heavy atom. The van der Waals surface area contributed by atoms with Crippen molar-refractivity contribution in [2.45, 2.75) is 71.0 Å². The van der Waals surface area contributed by atoms with E-state index < -0.39 is 0 Å². The van der Waals surface area contributed by atoms with Crippen molar-refractivity contribution in [2.75, 3.05) is 6.54 Å². The summed E-state index contributed by atoms with van der Waals surface area (Å²) in [7, 11) is 0. The van der Waals surface area contributed by atoms with Crippen molar-refractivity contribution in [3.8, 4) is 0 Å². The van der Waals surface area contributed by atoms with Gasteiger partial charge in [-0.3, -0.25) is 0 Å². The Balaban J connectivity index is 1.42. The Labute approximate surface area is 149 Å². The largest absolute Gasteiger partial charge is 0.362 e. The lowest BCUT2D eigenvalue weighted by Gasteiger charge is -2.26. The molecule has 0 amide bonds. The SMILES string of the molecule is CC(C)c1cc2c([nH]1)CC(CC(C)c1cc3c(s1)CCNC3)NC2. The molecule has 0 radical (unpaired) electrons. The minimum Gasteiger partial charge on any atom is -0.362 e. The monoisotopic (exact) mass is 343 g/mol. The normalized spacial score (nSPS) is 21.6. The van der Waals surface area contributed by atoms with Crippen molar-refractivity contribution in [3.63, 3.8) is 0 Å². The van der Waals surface area contributed by atoms with E-state index in [-0.39, 0.29) is 0 Å². The number of hydrogen-bond acceptors (Lipinski definition) is 3. The average molecular weight is 344 g/mol. The fourth-order valence-corrected chi connectivity index (χ4v) is 5.27. The highest BCUT2D eigenvalue weighted by molar-refractivity contribution is 7.12. The van der Waals surface area contributed by atoms with E-state index >= 15 is 0 Å². The van der Waals surface area contributed by atoms with Gasteiger partial charge in [0, 0.05) is 53.2 Å². The molecule has 0 fully saturated rings. The summed E-state index contributed by atoms with van der Waals surface area (Å²) >= 11 is 2.05. The molecule has 2 aromatic rings. The van der Waals surface area contributed by atoms with Gasteiger partial charge in [0.05, 0.1) is 0 Å². The number of thiophene rings is 1. The van der Waals surface area contributed by atoms with Crippen LogP contribution in [-0.2, 0) is 25.9 Å². The highest BCUT2D eigenvalue weighted by Crippen LogP contribution is 2.34. The molecule has 2 aromatic heterocycles. The maximum absolute atomic E-state index is 3.76. The third-order valence-electron chi connectivity index (χ3n) is 5.55. The maximum Gasteiger partial charge on any atom is 0.0226 e. The Bertz CT molecular complexity index is 689. The van der Waals surface area contributed by atoms with Gasteiger partial charge in [0.2, 0.25) is 0 Å². The summed E-state index contributed by atoms with van der Waals surface area (Å²) in [4.78, 5) is 6.86. The Kier molecular flexibility index (Phi) is 4.54. The predicted molar refractivity (Wildman–Crippen MR) is 102 cm³/mol. The molecule has 2 atom stereocenters.